The van der Waals surface area contributed by atoms with E-state index in [2.05, 4.69) is 19.9 Å². The molecule has 0 N–H and O–H groups in total. The first kappa shape index (κ1) is 13.9. The Hall–Kier alpha value is 0.363. The zero-order valence-corrected chi connectivity index (χ0v) is 10.8. The van der Waals surface area contributed by atoms with Gasteiger partial charge in [0.1, 0.15) is 0 Å². The third kappa shape index (κ3) is 13.4. The molecule has 0 aromatic rings. The van der Waals surface area contributed by atoms with Crippen LogP contribution in [0, 0.1) is 6.42 Å². The fourth-order valence-electron chi connectivity index (χ4n) is 0.958. The zero-order chi connectivity index (χ0) is 7.66. The van der Waals surface area contributed by atoms with Gasteiger partial charge in [0.05, 0.1) is 0 Å². The SMILES string of the molecule is C=CCCCCC[CH-]CC.[Zn]. The van der Waals surface area contributed by atoms with Gasteiger partial charge in [0, 0.05) is 19.5 Å². The van der Waals surface area contributed by atoms with Gasteiger partial charge in [-0.15, -0.1) is 6.58 Å². The average molecular weight is 205 g/mol. The van der Waals surface area contributed by atoms with E-state index in [1.807, 2.05) is 6.08 Å². The van der Waals surface area contributed by atoms with Crippen LogP contribution in [0.4, 0.5) is 0 Å². The summed E-state index contributed by atoms with van der Waals surface area (Å²) in [7, 11) is 0. The van der Waals surface area contributed by atoms with Crippen LogP contribution < -0.4 is 0 Å². The van der Waals surface area contributed by atoms with Crippen LogP contribution in [0.25, 0.3) is 0 Å². The summed E-state index contributed by atoms with van der Waals surface area (Å²) >= 11 is 0. The van der Waals surface area contributed by atoms with Gasteiger partial charge < -0.3 is 6.42 Å². The molecule has 11 heavy (non-hydrogen) atoms. The third-order valence-corrected chi connectivity index (χ3v) is 1.61. The Bertz CT molecular complexity index is 69.3. The standard InChI is InChI=1S/C10H19.Zn/c1-3-5-7-9-10-8-6-4-2;/h3,6H,1,4-5,7-10H2,2H3;/q-1;. The number of hydrogen-bond acceptors (Lipinski definition) is 0. The first-order valence-corrected chi connectivity index (χ1v) is 4.34. The van der Waals surface area contributed by atoms with Crippen LogP contribution in [0.3, 0.4) is 0 Å². The number of rotatable bonds is 7. The van der Waals surface area contributed by atoms with Crippen LogP contribution >= 0.6 is 0 Å². The Morgan fingerprint density at radius 3 is 2.55 bits per heavy atom. The molecule has 0 nitrogen and oxygen atoms in total. The van der Waals surface area contributed by atoms with E-state index >= 15 is 0 Å². The normalized spacial score (nSPS) is 8.82. The molecule has 0 radical (unpaired) electrons. The van der Waals surface area contributed by atoms with E-state index in [1.54, 1.807) is 0 Å². The van der Waals surface area contributed by atoms with Crippen molar-refractivity contribution in [3.05, 3.63) is 19.1 Å². The van der Waals surface area contributed by atoms with E-state index in [4.69, 9.17) is 0 Å². The molecular weight excluding hydrogens is 185 g/mol. The van der Waals surface area contributed by atoms with Gasteiger partial charge in [-0.1, -0.05) is 25.8 Å². The Morgan fingerprint density at radius 1 is 1.27 bits per heavy atom. The molecule has 0 spiro atoms. The predicted octanol–water partition coefficient (Wildman–Crippen LogP) is 3.73. The molecule has 0 aliphatic heterocycles. The second-order valence-electron chi connectivity index (χ2n) is 2.62. The Morgan fingerprint density at radius 2 is 2.00 bits per heavy atom. The average Bonchev–Trinajstić information content (AvgIpc) is 1.97. The van der Waals surface area contributed by atoms with Crippen molar-refractivity contribution in [2.75, 3.05) is 0 Å². The van der Waals surface area contributed by atoms with Gasteiger partial charge in [-0.2, -0.15) is 12.8 Å². The molecule has 0 aliphatic carbocycles. The minimum Gasteiger partial charge on any atom is -0.329 e. The largest absolute Gasteiger partial charge is 0.329 e. The van der Waals surface area contributed by atoms with E-state index in [9.17, 15) is 0 Å². The van der Waals surface area contributed by atoms with Crippen molar-refractivity contribution >= 4 is 0 Å². The minimum atomic E-state index is 0. The Kier molecular flexibility index (Phi) is 16.4. The van der Waals surface area contributed by atoms with Crippen molar-refractivity contribution in [3.63, 3.8) is 0 Å². The van der Waals surface area contributed by atoms with E-state index in [1.165, 1.54) is 38.5 Å². The summed E-state index contributed by atoms with van der Waals surface area (Å²) in [6.45, 7) is 5.88. The zero-order valence-electron chi connectivity index (χ0n) is 7.81. The molecule has 0 heterocycles. The second kappa shape index (κ2) is 13.0. The molecule has 0 bridgehead atoms. The molecule has 0 aromatic carbocycles. The summed E-state index contributed by atoms with van der Waals surface area (Å²) in [6.07, 6.45) is 12.1. The van der Waals surface area contributed by atoms with Crippen molar-refractivity contribution in [1.82, 2.24) is 0 Å². The maximum Gasteiger partial charge on any atom is 0 e. The maximum atomic E-state index is 3.69. The van der Waals surface area contributed by atoms with Gasteiger partial charge in [0.2, 0.25) is 0 Å². The molecular formula is C10H19Zn-. The van der Waals surface area contributed by atoms with Crippen molar-refractivity contribution in [3.8, 4) is 0 Å². The van der Waals surface area contributed by atoms with E-state index in [0.29, 0.717) is 0 Å². The molecule has 62 valence electrons. The molecule has 0 saturated carbocycles. The summed E-state index contributed by atoms with van der Waals surface area (Å²) < 4.78 is 0. The summed E-state index contributed by atoms with van der Waals surface area (Å²) in [5.74, 6) is 0. The van der Waals surface area contributed by atoms with Crippen molar-refractivity contribution in [2.24, 2.45) is 0 Å². The van der Waals surface area contributed by atoms with Crippen LogP contribution in [-0.2, 0) is 19.5 Å². The summed E-state index contributed by atoms with van der Waals surface area (Å²) in [5.41, 5.74) is 0. The third-order valence-electron chi connectivity index (χ3n) is 1.61. The van der Waals surface area contributed by atoms with Crippen LogP contribution in [0.15, 0.2) is 12.7 Å². The van der Waals surface area contributed by atoms with Gasteiger partial charge in [0.25, 0.3) is 0 Å². The van der Waals surface area contributed by atoms with E-state index in [-0.39, 0.29) is 19.5 Å². The minimum absolute atomic E-state index is 0. The van der Waals surface area contributed by atoms with Crippen molar-refractivity contribution < 1.29 is 19.5 Å². The van der Waals surface area contributed by atoms with Gasteiger partial charge in [-0.3, -0.25) is 0 Å². The summed E-state index contributed by atoms with van der Waals surface area (Å²) in [4.78, 5) is 0. The van der Waals surface area contributed by atoms with Crippen LogP contribution in [0.2, 0.25) is 0 Å². The molecule has 0 atom stereocenters. The van der Waals surface area contributed by atoms with Crippen molar-refractivity contribution in [1.29, 1.82) is 0 Å². The number of hydrogen-bond donors (Lipinski definition) is 0. The molecule has 0 rings (SSSR count). The smallest absolute Gasteiger partial charge is 0 e. The van der Waals surface area contributed by atoms with Gasteiger partial charge >= 0.3 is 0 Å². The molecule has 0 amide bonds. The van der Waals surface area contributed by atoms with Crippen LogP contribution in [0.1, 0.15) is 45.4 Å². The fraction of sp³-hybridized carbons (Fsp3) is 0.700. The summed E-state index contributed by atoms with van der Waals surface area (Å²) in [5, 5.41) is 0. The van der Waals surface area contributed by atoms with Gasteiger partial charge in [0.15, 0.2) is 0 Å². The molecule has 0 unspecified atom stereocenters. The molecule has 0 aromatic heterocycles. The molecule has 0 fully saturated rings. The fourth-order valence-corrected chi connectivity index (χ4v) is 0.958. The van der Waals surface area contributed by atoms with Gasteiger partial charge in [-0.05, 0) is 12.8 Å². The summed E-state index contributed by atoms with van der Waals surface area (Å²) in [6, 6.07) is 0. The van der Waals surface area contributed by atoms with Crippen LogP contribution in [0.5, 0.6) is 0 Å². The monoisotopic (exact) mass is 203 g/mol. The second-order valence-corrected chi connectivity index (χ2v) is 2.62. The Labute approximate surface area is 84.2 Å². The topological polar surface area (TPSA) is 0 Å². The van der Waals surface area contributed by atoms with E-state index < -0.39 is 0 Å². The molecule has 1 heteroatoms. The first-order chi connectivity index (χ1) is 4.91. The molecule has 0 saturated heterocycles. The van der Waals surface area contributed by atoms with Gasteiger partial charge in [-0.25, -0.2) is 0 Å². The Balaban J connectivity index is 0. The number of allylic oxidation sites excluding steroid dienone is 1. The molecule has 0 aliphatic rings. The van der Waals surface area contributed by atoms with Crippen molar-refractivity contribution in [2.45, 2.75) is 45.4 Å². The number of unbranched alkanes of at least 4 members (excludes halogenated alkanes) is 6. The first-order valence-electron chi connectivity index (χ1n) is 4.34. The van der Waals surface area contributed by atoms with E-state index in [0.717, 1.165) is 0 Å². The quantitative estimate of drug-likeness (QED) is 0.257. The predicted molar refractivity (Wildman–Crippen MR) is 47.9 cm³/mol. The van der Waals surface area contributed by atoms with Crippen LogP contribution in [-0.4, -0.2) is 0 Å². The maximum absolute atomic E-state index is 3.69.